The summed E-state index contributed by atoms with van der Waals surface area (Å²) in [6.45, 7) is 0. The lowest BCUT2D eigenvalue weighted by atomic mass is 10.1. The molecule has 0 saturated carbocycles. The summed E-state index contributed by atoms with van der Waals surface area (Å²) in [6.07, 6.45) is 0. The van der Waals surface area contributed by atoms with Crippen LogP contribution in [0.4, 0.5) is 43.9 Å². The number of phosphoric acid groups is 1. The van der Waals surface area contributed by atoms with E-state index in [0.29, 0.717) is 5.56 Å². The lowest BCUT2D eigenvalue weighted by Gasteiger charge is -2.20. The fourth-order valence-corrected chi connectivity index (χ4v) is 7.68. The summed E-state index contributed by atoms with van der Waals surface area (Å²) in [5, 5.41) is -2.17. The first-order valence-electron chi connectivity index (χ1n) is 14.9. The summed E-state index contributed by atoms with van der Waals surface area (Å²) >= 11 is 0. The fourth-order valence-electron chi connectivity index (χ4n) is 4.63. The molecule has 0 amide bonds. The molecule has 0 bridgehead atoms. The van der Waals surface area contributed by atoms with Gasteiger partial charge in [0, 0.05) is 5.30 Å². The Morgan fingerprint density at radius 3 is 1.20 bits per heavy atom. The molecular weight excluding hydrogens is 780 g/mol. The van der Waals surface area contributed by atoms with Crippen LogP contribution in [-0.2, 0) is 9.13 Å². The van der Waals surface area contributed by atoms with E-state index in [9.17, 15) is 57.9 Å². The quantitative estimate of drug-likeness (QED) is 0.0679. The SMILES string of the molecule is O=P(O)(c1ccccc1-c1ccccc1)c1c(F)c(F)c(F)c(F)c1F.O=P(Oc1ccccc1)(Oc1ccccc1)Oc1c(F)c(F)c(F)c(F)c1F. The molecule has 0 saturated heterocycles. The van der Waals surface area contributed by atoms with Gasteiger partial charge >= 0.3 is 7.82 Å². The summed E-state index contributed by atoms with van der Waals surface area (Å²) in [7, 11) is -10.1. The topological polar surface area (TPSA) is 82.1 Å². The molecule has 0 aromatic heterocycles. The Morgan fingerprint density at radius 2 is 0.759 bits per heavy atom. The predicted molar refractivity (Wildman–Crippen MR) is 176 cm³/mol. The number of rotatable bonds is 9. The van der Waals surface area contributed by atoms with E-state index in [4.69, 9.17) is 9.05 Å². The highest BCUT2D eigenvalue weighted by Crippen LogP contribution is 2.51. The second kappa shape index (κ2) is 16.2. The van der Waals surface area contributed by atoms with Crippen molar-refractivity contribution in [3.8, 4) is 28.4 Å². The molecule has 0 aliphatic rings. The largest absolute Gasteiger partial charge is 0.647 e. The zero-order chi connectivity index (χ0) is 39.4. The zero-order valence-corrected chi connectivity index (χ0v) is 28.4. The summed E-state index contributed by atoms with van der Waals surface area (Å²) < 4.78 is 177. The second-order valence-electron chi connectivity index (χ2n) is 10.6. The number of benzene rings is 6. The monoisotopic (exact) mass is 800 g/mol. The van der Waals surface area contributed by atoms with Gasteiger partial charge in [0.15, 0.2) is 23.3 Å². The van der Waals surface area contributed by atoms with Gasteiger partial charge in [-0.05, 0) is 41.5 Å². The predicted octanol–water partition coefficient (Wildman–Crippen LogP) is 10.3. The molecule has 6 rings (SSSR count). The van der Waals surface area contributed by atoms with Crippen LogP contribution in [0.1, 0.15) is 0 Å². The highest BCUT2D eigenvalue weighted by molar-refractivity contribution is 7.73. The molecule has 0 aliphatic heterocycles. The molecule has 6 aromatic rings. The summed E-state index contributed by atoms with van der Waals surface area (Å²) in [4.78, 5) is 10.4. The van der Waals surface area contributed by atoms with E-state index in [2.05, 4.69) is 4.52 Å². The number of hydrogen-bond acceptors (Lipinski definition) is 5. The standard InChI is InChI=1S/C18H10F5O4P.C18H10F5O2P/c19-13-14(20)16(22)18(17(23)15(13)21)27-28(24,25-11-7-3-1-4-8-11)26-12-9-5-2-6-10-12;19-13-14(20)16(22)18(17(23)15(13)21)26(24,25)12-9-5-4-8-11(12)10-6-2-1-3-7-10/h1-10H;1-9H,(H,24,25). The first-order valence-corrected chi connectivity index (χ1v) is 18.0. The Labute approximate surface area is 298 Å². The molecule has 0 spiro atoms. The molecule has 1 atom stereocenters. The van der Waals surface area contributed by atoms with E-state index in [1.54, 1.807) is 42.5 Å². The maximum absolute atomic E-state index is 14.1. The van der Waals surface area contributed by atoms with Gasteiger partial charge < -0.3 is 18.5 Å². The van der Waals surface area contributed by atoms with Gasteiger partial charge in [0.1, 0.15) is 16.8 Å². The van der Waals surface area contributed by atoms with Crippen LogP contribution < -0.4 is 24.2 Å². The Hall–Kier alpha value is -5.56. The smallest absolute Gasteiger partial charge is 0.386 e. The van der Waals surface area contributed by atoms with Crippen LogP contribution in [0.25, 0.3) is 11.1 Å². The Morgan fingerprint density at radius 1 is 0.407 bits per heavy atom. The van der Waals surface area contributed by atoms with E-state index < -0.39 is 89.7 Å². The fraction of sp³-hybridized carbons (Fsp3) is 0. The third-order valence-electron chi connectivity index (χ3n) is 7.10. The third kappa shape index (κ3) is 8.15. The van der Waals surface area contributed by atoms with Crippen molar-refractivity contribution in [2.75, 3.05) is 0 Å². The Bertz CT molecular complexity index is 2300. The minimum atomic E-state index is -5.15. The molecule has 0 aliphatic carbocycles. The normalized spacial score (nSPS) is 12.3. The van der Waals surface area contributed by atoms with Crippen molar-refractivity contribution in [3.05, 3.63) is 173 Å². The first kappa shape index (κ1) is 39.6. The lowest BCUT2D eigenvalue weighted by Crippen LogP contribution is -2.26. The molecule has 0 heterocycles. The van der Waals surface area contributed by atoms with E-state index in [1.807, 2.05) is 0 Å². The number of halogens is 10. The van der Waals surface area contributed by atoms with Crippen molar-refractivity contribution in [1.82, 2.24) is 0 Å². The Kier molecular flexibility index (Phi) is 11.9. The van der Waals surface area contributed by atoms with E-state index in [0.717, 1.165) is 6.07 Å². The maximum Gasteiger partial charge on any atom is 0.647 e. The minimum absolute atomic E-state index is 0.0920. The van der Waals surface area contributed by atoms with Gasteiger partial charge in [0.2, 0.25) is 40.7 Å². The van der Waals surface area contributed by atoms with Gasteiger partial charge in [-0.25, -0.2) is 35.1 Å². The van der Waals surface area contributed by atoms with Crippen LogP contribution in [0, 0.1) is 58.2 Å². The van der Waals surface area contributed by atoms with Gasteiger partial charge in [-0.15, -0.1) is 0 Å². The first-order chi connectivity index (χ1) is 25.6. The molecule has 1 N–H and O–H groups in total. The van der Waals surface area contributed by atoms with Crippen molar-refractivity contribution in [2.45, 2.75) is 0 Å². The van der Waals surface area contributed by atoms with Crippen molar-refractivity contribution in [1.29, 1.82) is 0 Å². The van der Waals surface area contributed by atoms with Gasteiger partial charge in [0.25, 0.3) is 7.37 Å². The third-order valence-corrected chi connectivity index (χ3v) is 10.4. The summed E-state index contributed by atoms with van der Waals surface area (Å²) in [5.41, 5.74) is 0.587. The van der Waals surface area contributed by atoms with Gasteiger partial charge in [-0.3, -0.25) is 4.57 Å². The van der Waals surface area contributed by atoms with Crippen molar-refractivity contribution in [3.63, 3.8) is 0 Å². The van der Waals surface area contributed by atoms with Crippen molar-refractivity contribution >= 4 is 25.8 Å². The van der Waals surface area contributed by atoms with Crippen LogP contribution in [0.5, 0.6) is 17.2 Å². The lowest BCUT2D eigenvalue weighted by molar-refractivity contribution is 0.275. The molecule has 0 fully saturated rings. The van der Waals surface area contributed by atoms with Gasteiger partial charge in [-0.2, -0.15) is 13.3 Å². The van der Waals surface area contributed by atoms with Crippen LogP contribution in [0.2, 0.25) is 0 Å². The molecule has 6 nitrogen and oxygen atoms in total. The van der Waals surface area contributed by atoms with Crippen LogP contribution in [-0.4, -0.2) is 4.89 Å². The molecule has 54 heavy (non-hydrogen) atoms. The number of phosphoric ester groups is 1. The second-order valence-corrected chi connectivity index (χ2v) is 14.1. The maximum atomic E-state index is 14.1. The van der Waals surface area contributed by atoms with Crippen LogP contribution in [0.15, 0.2) is 115 Å². The van der Waals surface area contributed by atoms with Crippen LogP contribution >= 0.6 is 15.2 Å². The molecule has 280 valence electrons. The van der Waals surface area contributed by atoms with E-state index in [-0.39, 0.29) is 17.1 Å². The van der Waals surface area contributed by atoms with E-state index in [1.165, 1.54) is 66.7 Å². The number of hydrogen-bond donors (Lipinski definition) is 1. The number of para-hydroxylation sites is 2. The zero-order valence-electron chi connectivity index (χ0n) is 26.6. The van der Waals surface area contributed by atoms with Crippen molar-refractivity contribution in [2.24, 2.45) is 0 Å². The summed E-state index contributed by atoms with van der Waals surface area (Å²) in [6, 6.07) is 27.9. The molecule has 6 aromatic carbocycles. The van der Waals surface area contributed by atoms with Crippen LogP contribution in [0.3, 0.4) is 0 Å². The molecule has 1 unspecified atom stereocenters. The summed E-state index contributed by atoms with van der Waals surface area (Å²) in [5.74, 6) is -25.1. The van der Waals surface area contributed by atoms with E-state index >= 15 is 0 Å². The molecule has 18 heteroatoms. The highest BCUT2D eigenvalue weighted by Gasteiger charge is 2.40. The van der Waals surface area contributed by atoms with Gasteiger partial charge in [-0.1, -0.05) is 84.9 Å². The minimum Gasteiger partial charge on any atom is -0.386 e. The highest BCUT2D eigenvalue weighted by atomic mass is 31.2. The van der Waals surface area contributed by atoms with Crippen molar-refractivity contribution < 1.29 is 71.5 Å². The Balaban J connectivity index is 0.000000208. The molecular formula is C36H20F10O6P2. The molecule has 0 radical (unpaired) electrons. The average molecular weight is 800 g/mol. The van der Waals surface area contributed by atoms with Gasteiger partial charge in [0.05, 0.1) is 0 Å². The average Bonchev–Trinajstić information content (AvgIpc) is 3.18.